The lowest BCUT2D eigenvalue weighted by molar-refractivity contribution is 0.0696. The van der Waals surface area contributed by atoms with Gasteiger partial charge in [0, 0.05) is 26.5 Å². The van der Waals surface area contributed by atoms with Crippen LogP contribution in [0.1, 0.15) is 27.0 Å². The average Bonchev–Trinajstić information content (AvgIpc) is 2.55. The van der Waals surface area contributed by atoms with Crippen molar-refractivity contribution in [1.82, 2.24) is 9.97 Å². The van der Waals surface area contributed by atoms with Gasteiger partial charge in [-0.15, -0.1) is 0 Å². The summed E-state index contributed by atoms with van der Waals surface area (Å²) >= 11 is 0. The molecule has 0 bridgehead atoms. The number of hydrogen-bond donors (Lipinski definition) is 3. The molecule has 23 heavy (non-hydrogen) atoms. The number of aromatic carboxylic acids is 1. The van der Waals surface area contributed by atoms with Crippen LogP contribution in [0.25, 0.3) is 0 Å². The monoisotopic (exact) mass is 313 g/mol. The zero-order chi connectivity index (χ0) is 17.4. The molecule has 0 aliphatic rings. The molecule has 0 atom stereocenters. The largest absolute Gasteiger partial charge is 0.478 e. The lowest BCUT2D eigenvalue weighted by atomic mass is 10.2. The van der Waals surface area contributed by atoms with Crippen LogP contribution in [-0.4, -0.2) is 35.1 Å². The number of hydrogen-bond acceptors (Lipinski definition) is 6. The molecule has 7 nitrogen and oxygen atoms in total. The molecule has 2 rings (SSSR count). The van der Waals surface area contributed by atoms with Crippen LogP contribution in [0.2, 0.25) is 0 Å². The summed E-state index contributed by atoms with van der Waals surface area (Å²) in [7, 11) is 3.55. The predicted octanol–water partition coefficient (Wildman–Crippen LogP) is 2.43. The van der Waals surface area contributed by atoms with Crippen molar-refractivity contribution in [2.45, 2.75) is 13.8 Å². The van der Waals surface area contributed by atoms with Crippen LogP contribution in [0.4, 0.5) is 11.6 Å². The van der Waals surface area contributed by atoms with E-state index in [0.29, 0.717) is 11.4 Å². The van der Waals surface area contributed by atoms with Crippen LogP contribution in [0.15, 0.2) is 24.5 Å². The van der Waals surface area contributed by atoms with E-state index in [-0.39, 0.29) is 5.56 Å². The zero-order valence-corrected chi connectivity index (χ0v) is 13.5. The Balaban J connectivity index is 0.000000231. The van der Waals surface area contributed by atoms with Gasteiger partial charge in [0.25, 0.3) is 0 Å². The fourth-order valence-electron chi connectivity index (χ4n) is 1.85. The molecule has 3 N–H and O–H groups in total. The van der Waals surface area contributed by atoms with Crippen LogP contribution in [0, 0.1) is 25.2 Å². The summed E-state index contributed by atoms with van der Waals surface area (Å²) in [5, 5.41) is 22.9. The van der Waals surface area contributed by atoms with Gasteiger partial charge in [-0.2, -0.15) is 5.26 Å². The highest BCUT2D eigenvalue weighted by Gasteiger charge is 2.05. The average molecular weight is 313 g/mol. The minimum Gasteiger partial charge on any atom is -0.478 e. The molecular weight excluding hydrogens is 294 g/mol. The number of nitrogens with zero attached hydrogens (tertiary/aromatic N) is 3. The molecular formula is C16H19N5O2. The molecule has 2 aromatic rings. The van der Waals surface area contributed by atoms with Crippen molar-refractivity contribution in [2.24, 2.45) is 0 Å². The van der Waals surface area contributed by atoms with Gasteiger partial charge >= 0.3 is 5.97 Å². The van der Waals surface area contributed by atoms with Gasteiger partial charge in [-0.3, -0.25) is 0 Å². The van der Waals surface area contributed by atoms with E-state index in [1.807, 2.05) is 19.9 Å². The summed E-state index contributed by atoms with van der Waals surface area (Å²) in [6.07, 6.45) is 2.89. The molecule has 0 aliphatic heterocycles. The molecule has 0 amide bonds. The van der Waals surface area contributed by atoms with Crippen molar-refractivity contribution in [2.75, 3.05) is 24.7 Å². The second-order valence-corrected chi connectivity index (χ2v) is 4.70. The smallest absolute Gasteiger partial charge is 0.337 e. The molecule has 120 valence electrons. The van der Waals surface area contributed by atoms with Crippen molar-refractivity contribution in [1.29, 1.82) is 5.26 Å². The third-order valence-electron chi connectivity index (χ3n) is 3.01. The molecule has 0 aliphatic carbocycles. The van der Waals surface area contributed by atoms with Crippen LogP contribution in [0.5, 0.6) is 0 Å². The predicted molar refractivity (Wildman–Crippen MR) is 88.7 cm³/mol. The first-order chi connectivity index (χ1) is 10.9. The molecule has 0 saturated carbocycles. The van der Waals surface area contributed by atoms with Gasteiger partial charge in [0.2, 0.25) is 0 Å². The van der Waals surface area contributed by atoms with Gasteiger partial charge in [-0.25, -0.2) is 14.8 Å². The Bertz CT molecular complexity index is 738. The first-order valence-corrected chi connectivity index (χ1v) is 6.85. The van der Waals surface area contributed by atoms with E-state index >= 15 is 0 Å². The molecule has 2 heterocycles. The lowest BCUT2D eigenvalue weighted by Crippen LogP contribution is -2.01. The topological polar surface area (TPSA) is 111 Å². The third kappa shape index (κ3) is 4.97. The molecule has 2 aromatic heterocycles. The van der Waals surface area contributed by atoms with Gasteiger partial charge in [0.05, 0.1) is 11.1 Å². The van der Waals surface area contributed by atoms with Crippen LogP contribution in [0.3, 0.4) is 0 Å². The van der Waals surface area contributed by atoms with Gasteiger partial charge in [-0.1, -0.05) is 0 Å². The quantitative estimate of drug-likeness (QED) is 0.798. The number of rotatable bonds is 3. The van der Waals surface area contributed by atoms with Crippen LogP contribution < -0.4 is 10.6 Å². The Morgan fingerprint density at radius 3 is 2.00 bits per heavy atom. The van der Waals surface area contributed by atoms with Crippen molar-refractivity contribution >= 4 is 17.6 Å². The highest BCUT2D eigenvalue weighted by Crippen LogP contribution is 2.11. The second kappa shape index (κ2) is 8.34. The summed E-state index contributed by atoms with van der Waals surface area (Å²) < 4.78 is 0. The number of carboxylic acid groups (broad SMARTS) is 1. The molecule has 0 spiro atoms. The maximum atomic E-state index is 10.5. The van der Waals surface area contributed by atoms with Crippen LogP contribution in [-0.2, 0) is 0 Å². The fourth-order valence-corrected chi connectivity index (χ4v) is 1.85. The molecule has 0 saturated heterocycles. The van der Waals surface area contributed by atoms with Gasteiger partial charge in [-0.05, 0) is 37.1 Å². The van der Waals surface area contributed by atoms with E-state index in [2.05, 4.69) is 20.6 Å². The van der Waals surface area contributed by atoms with E-state index in [1.165, 1.54) is 6.20 Å². The Morgan fingerprint density at radius 1 is 1.09 bits per heavy atom. The highest BCUT2D eigenvalue weighted by molar-refractivity contribution is 5.87. The Morgan fingerprint density at radius 2 is 1.61 bits per heavy atom. The number of aryl methyl sites for hydroxylation is 2. The van der Waals surface area contributed by atoms with Crippen molar-refractivity contribution in [3.05, 3.63) is 46.8 Å². The van der Waals surface area contributed by atoms with Crippen molar-refractivity contribution < 1.29 is 9.90 Å². The minimum absolute atomic E-state index is 0.214. The highest BCUT2D eigenvalue weighted by atomic mass is 16.4. The van der Waals surface area contributed by atoms with E-state index < -0.39 is 5.97 Å². The Kier molecular flexibility index (Phi) is 6.49. The van der Waals surface area contributed by atoms with Crippen molar-refractivity contribution in [3.8, 4) is 6.07 Å². The number of aromatic nitrogens is 2. The van der Waals surface area contributed by atoms with E-state index in [1.54, 1.807) is 32.4 Å². The lowest BCUT2D eigenvalue weighted by Gasteiger charge is -2.03. The molecule has 7 heteroatoms. The summed E-state index contributed by atoms with van der Waals surface area (Å²) in [5.74, 6) is 0.581. The van der Waals surface area contributed by atoms with E-state index in [4.69, 9.17) is 10.4 Å². The normalized spacial score (nSPS) is 9.17. The third-order valence-corrected chi connectivity index (χ3v) is 3.01. The van der Waals surface area contributed by atoms with Crippen LogP contribution >= 0.6 is 0 Å². The molecule has 0 unspecified atom stereocenters. The number of anilines is 2. The maximum Gasteiger partial charge on any atom is 0.337 e. The first-order valence-electron chi connectivity index (χ1n) is 6.85. The molecule has 0 fully saturated rings. The van der Waals surface area contributed by atoms with Gasteiger partial charge in [0.1, 0.15) is 17.7 Å². The van der Waals surface area contributed by atoms with Gasteiger partial charge < -0.3 is 15.7 Å². The van der Waals surface area contributed by atoms with E-state index in [0.717, 1.165) is 16.9 Å². The maximum absolute atomic E-state index is 10.5. The van der Waals surface area contributed by atoms with Gasteiger partial charge in [0.15, 0.2) is 0 Å². The first kappa shape index (κ1) is 17.9. The summed E-state index contributed by atoms with van der Waals surface area (Å²) in [6.45, 7) is 3.73. The Hall–Kier alpha value is -3.14. The number of pyridine rings is 2. The van der Waals surface area contributed by atoms with Crippen molar-refractivity contribution in [3.63, 3.8) is 0 Å². The summed E-state index contributed by atoms with van der Waals surface area (Å²) in [6, 6.07) is 5.42. The fraction of sp³-hybridized carbons (Fsp3) is 0.250. The SMILES string of the molecule is CNc1ncc(C#N)cc1C.CNc1ncc(C(=O)O)cc1C. The zero-order valence-electron chi connectivity index (χ0n) is 13.5. The number of nitrogens with one attached hydrogen (secondary N) is 2. The molecule has 0 aromatic carbocycles. The van der Waals surface area contributed by atoms with E-state index in [9.17, 15) is 4.79 Å². The standard InChI is InChI=1S/C8H9N3.C8H10N2O2/c1-6-3-7(4-9)5-11-8(6)10-2;1-5-3-6(8(11)12)4-10-7(5)9-2/h3,5H,1-2H3,(H,10,11);3-4H,1-2H3,(H,9,10)(H,11,12). The number of carbonyl (C=O) groups is 1. The molecule has 0 radical (unpaired) electrons. The number of nitriles is 1. The second-order valence-electron chi connectivity index (χ2n) is 4.70. The minimum atomic E-state index is -0.951. The summed E-state index contributed by atoms with van der Waals surface area (Å²) in [4.78, 5) is 18.5. The Labute approximate surface area is 135 Å². The summed E-state index contributed by atoms with van der Waals surface area (Å²) in [5.41, 5.74) is 2.64. The number of carboxylic acids is 1.